The maximum atomic E-state index is 12.9. The minimum absolute atomic E-state index is 0.00657. The van der Waals surface area contributed by atoms with Crippen molar-refractivity contribution in [2.45, 2.75) is 19.4 Å². The number of halogens is 1. The van der Waals surface area contributed by atoms with Crippen molar-refractivity contribution in [1.29, 1.82) is 0 Å². The van der Waals surface area contributed by atoms with E-state index in [1.165, 1.54) is 12.1 Å². The van der Waals surface area contributed by atoms with Gasteiger partial charge in [-0.25, -0.2) is 4.39 Å². The van der Waals surface area contributed by atoms with Gasteiger partial charge in [-0.15, -0.1) is 0 Å². The Bertz CT molecular complexity index is 404. The Labute approximate surface area is 87.7 Å². The fourth-order valence-electron chi connectivity index (χ4n) is 1.84. The van der Waals surface area contributed by atoms with Gasteiger partial charge in [0.05, 0.1) is 6.42 Å². The van der Waals surface area contributed by atoms with E-state index in [1.54, 1.807) is 11.0 Å². The lowest BCUT2D eigenvalue weighted by Crippen LogP contribution is -2.37. The third-order valence-corrected chi connectivity index (χ3v) is 2.45. The van der Waals surface area contributed by atoms with E-state index in [1.807, 2.05) is 6.92 Å². The lowest BCUT2D eigenvalue weighted by Gasteiger charge is -2.19. The van der Waals surface area contributed by atoms with E-state index in [9.17, 15) is 9.18 Å². The average molecular weight is 208 g/mol. The molecule has 0 aromatic heterocycles. The summed E-state index contributed by atoms with van der Waals surface area (Å²) in [5.41, 5.74) is 7.19. The van der Waals surface area contributed by atoms with E-state index in [2.05, 4.69) is 0 Å². The van der Waals surface area contributed by atoms with Crippen LogP contribution in [0.25, 0.3) is 0 Å². The molecule has 2 rings (SSSR count). The first-order chi connectivity index (χ1) is 7.08. The molecule has 0 bridgehead atoms. The lowest BCUT2D eigenvalue weighted by molar-refractivity contribution is -0.117. The van der Waals surface area contributed by atoms with Crippen LogP contribution in [-0.2, 0) is 11.2 Å². The molecule has 3 nitrogen and oxygen atoms in total. The second-order valence-corrected chi connectivity index (χ2v) is 3.93. The molecule has 15 heavy (non-hydrogen) atoms. The highest BCUT2D eigenvalue weighted by atomic mass is 19.1. The first kappa shape index (κ1) is 10.1. The van der Waals surface area contributed by atoms with Gasteiger partial charge in [-0.3, -0.25) is 4.79 Å². The Morgan fingerprint density at radius 3 is 3.00 bits per heavy atom. The van der Waals surface area contributed by atoms with Gasteiger partial charge in [0.25, 0.3) is 0 Å². The predicted octanol–water partition coefficient (Wildman–Crippen LogP) is 1.06. The Kier molecular flexibility index (Phi) is 2.44. The van der Waals surface area contributed by atoms with Crippen LogP contribution in [0.3, 0.4) is 0 Å². The Morgan fingerprint density at radius 1 is 1.60 bits per heavy atom. The molecule has 1 aromatic rings. The largest absolute Gasteiger partial charge is 0.326 e. The molecule has 0 unspecified atom stereocenters. The zero-order chi connectivity index (χ0) is 11.0. The van der Waals surface area contributed by atoms with Gasteiger partial charge < -0.3 is 10.6 Å². The van der Waals surface area contributed by atoms with Crippen LogP contribution in [0.15, 0.2) is 18.2 Å². The molecule has 2 N–H and O–H groups in total. The number of nitrogens with zero attached hydrogens (tertiary/aromatic N) is 1. The molecule has 1 aromatic carbocycles. The van der Waals surface area contributed by atoms with E-state index in [4.69, 9.17) is 5.73 Å². The molecule has 0 fully saturated rings. The second-order valence-electron chi connectivity index (χ2n) is 3.93. The number of fused-ring (bicyclic) bond motifs is 1. The van der Waals surface area contributed by atoms with Crippen LogP contribution in [0, 0.1) is 5.82 Å². The average Bonchev–Trinajstić information content (AvgIpc) is 2.41. The van der Waals surface area contributed by atoms with Gasteiger partial charge in [0.2, 0.25) is 5.91 Å². The van der Waals surface area contributed by atoms with Gasteiger partial charge in [-0.2, -0.15) is 0 Å². The number of nitrogens with two attached hydrogens (primary N) is 1. The standard InChI is InChI=1S/C11H13FN2O/c1-7(13)6-14-10-3-2-9(12)4-8(10)5-11(14)15/h2-4,7H,5-6,13H2,1H3/t7-/m0/s1. The van der Waals surface area contributed by atoms with Crippen molar-refractivity contribution in [1.82, 2.24) is 0 Å². The summed E-state index contributed by atoms with van der Waals surface area (Å²) in [6, 6.07) is 4.34. The third-order valence-electron chi connectivity index (χ3n) is 2.45. The Balaban J connectivity index is 2.33. The maximum Gasteiger partial charge on any atom is 0.231 e. The fourth-order valence-corrected chi connectivity index (χ4v) is 1.84. The molecule has 0 spiro atoms. The lowest BCUT2D eigenvalue weighted by atomic mass is 10.1. The molecule has 1 heterocycles. The predicted molar refractivity (Wildman–Crippen MR) is 56.1 cm³/mol. The second kappa shape index (κ2) is 3.62. The molecule has 4 heteroatoms. The van der Waals surface area contributed by atoms with Crippen molar-refractivity contribution in [3.63, 3.8) is 0 Å². The molecular formula is C11H13FN2O. The molecule has 0 saturated carbocycles. The molecule has 1 atom stereocenters. The molecule has 0 saturated heterocycles. The van der Waals surface area contributed by atoms with Crippen molar-refractivity contribution < 1.29 is 9.18 Å². The number of carbonyl (C=O) groups is 1. The highest BCUT2D eigenvalue weighted by molar-refractivity contribution is 6.01. The molecule has 1 amide bonds. The van der Waals surface area contributed by atoms with Gasteiger partial charge in [-0.1, -0.05) is 0 Å². The van der Waals surface area contributed by atoms with Gasteiger partial charge in [-0.05, 0) is 30.7 Å². The zero-order valence-corrected chi connectivity index (χ0v) is 8.53. The minimum Gasteiger partial charge on any atom is -0.326 e. The van der Waals surface area contributed by atoms with Crippen molar-refractivity contribution in [2.75, 3.05) is 11.4 Å². The fraction of sp³-hybridized carbons (Fsp3) is 0.364. The number of carbonyl (C=O) groups excluding carboxylic acids is 1. The highest BCUT2D eigenvalue weighted by Crippen LogP contribution is 2.29. The topological polar surface area (TPSA) is 46.3 Å². The molecule has 1 aliphatic rings. The number of anilines is 1. The Hall–Kier alpha value is -1.42. The first-order valence-corrected chi connectivity index (χ1v) is 4.92. The maximum absolute atomic E-state index is 12.9. The van der Waals surface area contributed by atoms with E-state index >= 15 is 0 Å². The van der Waals surface area contributed by atoms with Crippen molar-refractivity contribution in [3.05, 3.63) is 29.6 Å². The van der Waals surface area contributed by atoms with E-state index in [0.717, 1.165) is 11.3 Å². The summed E-state index contributed by atoms with van der Waals surface area (Å²) in [5, 5.41) is 0. The van der Waals surface area contributed by atoms with Crippen LogP contribution in [-0.4, -0.2) is 18.5 Å². The van der Waals surface area contributed by atoms with E-state index < -0.39 is 0 Å². The summed E-state index contributed by atoms with van der Waals surface area (Å²) in [4.78, 5) is 13.3. The summed E-state index contributed by atoms with van der Waals surface area (Å²) in [6.07, 6.45) is 0.278. The number of benzene rings is 1. The monoisotopic (exact) mass is 208 g/mol. The quantitative estimate of drug-likeness (QED) is 0.790. The van der Waals surface area contributed by atoms with Crippen molar-refractivity contribution in [3.8, 4) is 0 Å². The van der Waals surface area contributed by atoms with E-state index in [0.29, 0.717) is 6.54 Å². The summed E-state index contributed by atoms with van der Waals surface area (Å²) in [7, 11) is 0. The molecule has 0 radical (unpaired) electrons. The van der Waals surface area contributed by atoms with Crippen LogP contribution in [0.1, 0.15) is 12.5 Å². The van der Waals surface area contributed by atoms with Crippen molar-refractivity contribution >= 4 is 11.6 Å². The zero-order valence-electron chi connectivity index (χ0n) is 8.53. The number of amides is 1. The van der Waals surface area contributed by atoms with Crippen molar-refractivity contribution in [2.24, 2.45) is 5.73 Å². The summed E-state index contributed by atoms with van der Waals surface area (Å²) < 4.78 is 12.9. The summed E-state index contributed by atoms with van der Waals surface area (Å²) >= 11 is 0. The number of hydrogen-bond donors (Lipinski definition) is 1. The first-order valence-electron chi connectivity index (χ1n) is 4.92. The molecule has 1 aliphatic heterocycles. The van der Waals surface area contributed by atoms with Gasteiger partial charge in [0.1, 0.15) is 5.82 Å². The number of hydrogen-bond acceptors (Lipinski definition) is 2. The summed E-state index contributed by atoms with van der Waals surface area (Å²) in [6.45, 7) is 2.33. The van der Waals surface area contributed by atoms with Gasteiger partial charge >= 0.3 is 0 Å². The van der Waals surface area contributed by atoms with E-state index in [-0.39, 0.29) is 24.2 Å². The van der Waals surface area contributed by atoms with Crippen LogP contribution >= 0.6 is 0 Å². The smallest absolute Gasteiger partial charge is 0.231 e. The molecule has 0 aliphatic carbocycles. The minimum atomic E-state index is -0.302. The Morgan fingerprint density at radius 2 is 2.33 bits per heavy atom. The third kappa shape index (κ3) is 1.85. The normalized spacial score (nSPS) is 16.7. The van der Waals surface area contributed by atoms with Crippen LogP contribution in [0.2, 0.25) is 0 Å². The SMILES string of the molecule is C[C@H](N)CN1C(=O)Cc2cc(F)ccc21. The van der Waals surface area contributed by atoms with Gasteiger partial charge in [0.15, 0.2) is 0 Å². The molecule has 80 valence electrons. The van der Waals surface area contributed by atoms with Crippen LogP contribution in [0.5, 0.6) is 0 Å². The highest BCUT2D eigenvalue weighted by Gasteiger charge is 2.27. The van der Waals surface area contributed by atoms with Crippen LogP contribution < -0.4 is 10.6 Å². The molecular weight excluding hydrogens is 195 g/mol. The summed E-state index contributed by atoms with van der Waals surface area (Å²) in [5.74, 6) is -0.308. The van der Waals surface area contributed by atoms with Crippen LogP contribution in [0.4, 0.5) is 10.1 Å². The number of rotatable bonds is 2. The van der Waals surface area contributed by atoms with Gasteiger partial charge in [0, 0.05) is 18.3 Å².